The fourth-order valence-electron chi connectivity index (χ4n) is 2.38. The molecule has 0 bridgehead atoms. The van der Waals surface area contributed by atoms with E-state index in [1.807, 2.05) is 0 Å². The summed E-state index contributed by atoms with van der Waals surface area (Å²) in [7, 11) is -3.25. The molecule has 0 fully saturated rings. The number of aliphatic hydroxyl groups is 1. The Morgan fingerprint density at radius 1 is 1.08 bits per heavy atom. The third-order valence-corrected chi connectivity index (χ3v) is 5.02. The van der Waals surface area contributed by atoms with Gasteiger partial charge in [-0.15, -0.1) is 0 Å². The van der Waals surface area contributed by atoms with Crippen LogP contribution < -0.4 is 0 Å². The van der Waals surface area contributed by atoms with E-state index in [9.17, 15) is 13.5 Å². The first-order chi connectivity index (χ1) is 11.4. The monoisotopic (exact) mass is 362 g/mol. The van der Waals surface area contributed by atoms with Gasteiger partial charge in [0.1, 0.15) is 5.82 Å². The summed E-state index contributed by atoms with van der Waals surface area (Å²) in [6, 6.07) is 13.3. The zero-order chi connectivity index (χ0) is 17.3. The van der Waals surface area contributed by atoms with Gasteiger partial charge in [-0.2, -0.15) is 0 Å². The van der Waals surface area contributed by atoms with Crippen LogP contribution in [0.25, 0.3) is 11.4 Å². The molecule has 0 spiro atoms. The molecule has 0 amide bonds. The molecule has 0 saturated heterocycles. The highest BCUT2D eigenvalue weighted by Gasteiger charge is 2.16. The minimum Gasteiger partial charge on any atom is -0.369 e. The molecular weight excluding hydrogens is 348 g/mol. The molecule has 1 heterocycles. The molecule has 3 rings (SSSR count). The molecule has 0 aliphatic heterocycles. The number of imidazole rings is 1. The first-order valence-corrected chi connectivity index (χ1v) is 9.40. The van der Waals surface area contributed by atoms with Crippen LogP contribution in [0.15, 0.2) is 65.8 Å². The third kappa shape index (κ3) is 3.36. The Bertz CT molecular complexity index is 948. The summed E-state index contributed by atoms with van der Waals surface area (Å²) in [5.74, 6) is 0.539. The van der Waals surface area contributed by atoms with Gasteiger partial charge in [0.05, 0.1) is 4.90 Å². The second-order valence-electron chi connectivity index (χ2n) is 5.38. The topological polar surface area (TPSA) is 72.2 Å². The molecule has 5 nitrogen and oxygen atoms in total. The van der Waals surface area contributed by atoms with Crippen molar-refractivity contribution in [3.8, 4) is 11.4 Å². The van der Waals surface area contributed by atoms with Gasteiger partial charge in [-0.1, -0.05) is 23.7 Å². The quantitative estimate of drug-likeness (QED) is 0.773. The van der Waals surface area contributed by atoms with Crippen LogP contribution in [-0.2, 0) is 9.84 Å². The van der Waals surface area contributed by atoms with Crippen LogP contribution in [-0.4, -0.2) is 29.3 Å². The number of sulfone groups is 1. The van der Waals surface area contributed by atoms with E-state index in [0.29, 0.717) is 22.0 Å². The Morgan fingerprint density at radius 3 is 2.29 bits per heavy atom. The van der Waals surface area contributed by atoms with Gasteiger partial charge in [0.2, 0.25) is 0 Å². The van der Waals surface area contributed by atoms with E-state index < -0.39 is 16.1 Å². The first-order valence-electron chi connectivity index (χ1n) is 7.13. The molecule has 24 heavy (non-hydrogen) atoms. The minimum atomic E-state index is -3.25. The van der Waals surface area contributed by atoms with Crippen molar-refractivity contribution < 1.29 is 13.5 Å². The van der Waals surface area contributed by atoms with Gasteiger partial charge in [-0.05, 0) is 36.4 Å². The Morgan fingerprint density at radius 2 is 1.71 bits per heavy atom. The lowest BCUT2D eigenvalue weighted by Gasteiger charge is -2.16. The summed E-state index contributed by atoms with van der Waals surface area (Å²) in [4.78, 5) is 4.51. The standard InChI is InChI=1S/C17H15ClN2O3S/c1-24(22,23)15-8-4-12(5-9-15)16-19-10-11-20(16)17(21)13-2-6-14(18)7-3-13/h2-11,17,21H,1H3. The van der Waals surface area contributed by atoms with Crippen LogP contribution in [0.4, 0.5) is 0 Å². The molecule has 7 heteroatoms. The summed E-state index contributed by atoms with van der Waals surface area (Å²) in [6.45, 7) is 0. The maximum atomic E-state index is 11.5. The maximum Gasteiger partial charge on any atom is 0.175 e. The highest BCUT2D eigenvalue weighted by atomic mass is 35.5. The van der Waals surface area contributed by atoms with Crippen molar-refractivity contribution in [2.45, 2.75) is 11.1 Å². The van der Waals surface area contributed by atoms with Crippen molar-refractivity contribution in [3.63, 3.8) is 0 Å². The first kappa shape index (κ1) is 16.7. The lowest BCUT2D eigenvalue weighted by Crippen LogP contribution is -2.10. The number of benzene rings is 2. The van der Waals surface area contributed by atoms with Gasteiger partial charge in [0, 0.05) is 34.8 Å². The highest BCUT2D eigenvalue weighted by Crippen LogP contribution is 2.25. The van der Waals surface area contributed by atoms with Gasteiger partial charge < -0.3 is 9.67 Å². The molecule has 124 valence electrons. The Labute approximate surface area is 145 Å². The van der Waals surface area contributed by atoms with Crippen molar-refractivity contribution in [3.05, 3.63) is 71.5 Å². The van der Waals surface area contributed by atoms with Crippen LogP contribution in [0.1, 0.15) is 11.8 Å². The summed E-state index contributed by atoms with van der Waals surface area (Å²) >= 11 is 5.87. The maximum absolute atomic E-state index is 11.5. The van der Waals surface area contributed by atoms with Crippen molar-refractivity contribution in [2.24, 2.45) is 0 Å². The van der Waals surface area contributed by atoms with Gasteiger partial charge in [-0.25, -0.2) is 13.4 Å². The lowest BCUT2D eigenvalue weighted by atomic mass is 10.1. The van der Waals surface area contributed by atoms with E-state index in [2.05, 4.69) is 4.98 Å². The third-order valence-electron chi connectivity index (χ3n) is 3.64. The van der Waals surface area contributed by atoms with Crippen LogP contribution in [0, 0.1) is 0 Å². The van der Waals surface area contributed by atoms with Crippen molar-refractivity contribution in [1.82, 2.24) is 9.55 Å². The molecule has 0 saturated carbocycles. The average Bonchev–Trinajstić information content (AvgIpc) is 3.04. The molecule has 0 aliphatic carbocycles. The number of hydrogen-bond donors (Lipinski definition) is 1. The largest absolute Gasteiger partial charge is 0.369 e. The Balaban J connectivity index is 1.97. The smallest absolute Gasteiger partial charge is 0.175 e. The molecule has 1 aromatic heterocycles. The van der Waals surface area contributed by atoms with E-state index >= 15 is 0 Å². The zero-order valence-corrected chi connectivity index (χ0v) is 14.4. The molecule has 0 radical (unpaired) electrons. The Hall–Kier alpha value is -2.15. The average molecular weight is 363 g/mol. The van der Waals surface area contributed by atoms with Crippen LogP contribution in [0.2, 0.25) is 5.02 Å². The normalized spacial score (nSPS) is 13.0. The number of nitrogens with zero attached hydrogens (tertiary/aromatic N) is 2. The van der Waals surface area contributed by atoms with Gasteiger partial charge in [0.15, 0.2) is 16.1 Å². The SMILES string of the molecule is CS(=O)(=O)c1ccc(-c2nccn2C(O)c2ccc(Cl)cc2)cc1. The molecule has 1 N–H and O–H groups in total. The summed E-state index contributed by atoms with van der Waals surface area (Å²) in [5.41, 5.74) is 1.38. The van der Waals surface area contributed by atoms with E-state index in [-0.39, 0.29) is 4.90 Å². The van der Waals surface area contributed by atoms with Gasteiger partial charge in [-0.3, -0.25) is 0 Å². The molecule has 1 atom stereocenters. The van der Waals surface area contributed by atoms with Crippen molar-refractivity contribution >= 4 is 21.4 Å². The van der Waals surface area contributed by atoms with Gasteiger partial charge >= 0.3 is 0 Å². The second-order valence-corrected chi connectivity index (χ2v) is 7.83. The molecule has 2 aromatic carbocycles. The second kappa shape index (κ2) is 6.39. The Kier molecular flexibility index (Phi) is 4.45. The summed E-state index contributed by atoms with van der Waals surface area (Å²) in [6.07, 6.45) is 3.49. The number of aromatic nitrogens is 2. The molecule has 3 aromatic rings. The predicted octanol–water partition coefficient (Wildman–Crippen LogP) is 3.15. The number of rotatable bonds is 4. The van der Waals surface area contributed by atoms with E-state index in [0.717, 1.165) is 6.26 Å². The summed E-state index contributed by atoms with van der Waals surface area (Å²) in [5, 5.41) is 11.2. The zero-order valence-electron chi connectivity index (χ0n) is 12.8. The fourth-order valence-corrected chi connectivity index (χ4v) is 3.14. The fraction of sp³-hybridized carbons (Fsp3) is 0.118. The van der Waals surface area contributed by atoms with E-state index in [1.54, 1.807) is 53.4 Å². The van der Waals surface area contributed by atoms with E-state index in [4.69, 9.17) is 11.6 Å². The van der Waals surface area contributed by atoms with Gasteiger partial charge in [0.25, 0.3) is 0 Å². The predicted molar refractivity (Wildman–Crippen MR) is 92.6 cm³/mol. The van der Waals surface area contributed by atoms with E-state index in [1.165, 1.54) is 12.1 Å². The minimum absolute atomic E-state index is 0.239. The lowest BCUT2D eigenvalue weighted by molar-refractivity contribution is 0.148. The molecule has 0 aliphatic rings. The van der Waals surface area contributed by atoms with Crippen molar-refractivity contribution in [1.29, 1.82) is 0 Å². The van der Waals surface area contributed by atoms with Crippen molar-refractivity contribution in [2.75, 3.05) is 6.26 Å². The molecular formula is C17H15ClN2O3S. The van der Waals surface area contributed by atoms with Crippen LogP contribution in [0.5, 0.6) is 0 Å². The number of hydrogen-bond acceptors (Lipinski definition) is 4. The van der Waals surface area contributed by atoms with Crippen LogP contribution >= 0.6 is 11.6 Å². The highest BCUT2D eigenvalue weighted by molar-refractivity contribution is 7.90. The summed E-state index contributed by atoms with van der Waals surface area (Å²) < 4.78 is 24.7. The molecule has 1 unspecified atom stereocenters. The van der Waals surface area contributed by atoms with Crippen LogP contribution in [0.3, 0.4) is 0 Å². The number of aliphatic hydroxyl groups excluding tert-OH is 1. The number of halogens is 1.